The van der Waals surface area contributed by atoms with Gasteiger partial charge in [-0.2, -0.15) is 0 Å². The summed E-state index contributed by atoms with van der Waals surface area (Å²) < 4.78 is 66.1. The number of sulfone groups is 2. The first-order chi connectivity index (χ1) is 21.9. The largest absolute Gasteiger partial charge is 0.386 e. The zero-order valence-corrected chi connectivity index (χ0v) is 27.0. The van der Waals surface area contributed by atoms with E-state index < -0.39 is 55.0 Å². The third-order valence-electron chi connectivity index (χ3n) is 7.59. The number of benzene rings is 4. The molecule has 0 amide bonds. The molecule has 4 aromatic rings. The molecule has 0 bridgehead atoms. The molecule has 0 saturated heterocycles. The van der Waals surface area contributed by atoms with Gasteiger partial charge < -0.3 is 29.9 Å². The molecule has 10 nitrogen and oxygen atoms in total. The van der Waals surface area contributed by atoms with Gasteiger partial charge in [0, 0.05) is 0 Å². The molecule has 0 aromatic heterocycles. The molecular weight excluding hydrogens is 632 g/mol. The van der Waals surface area contributed by atoms with E-state index in [-0.39, 0.29) is 23.0 Å². The highest BCUT2D eigenvalue weighted by molar-refractivity contribution is 7.92. The molecule has 0 heterocycles. The van der Waals surface area contributed by atoms with Crippen LogP contribution < -0.4 is 0 Å². The molecule has 6 atom stereocenters. The fourth-order valence-electron chi connectivity index (χ4n) is 5.01. The SMILES string of the molecule is Cc1ccccc1S(=O)(=O)C(O)[C@@H](O)[C@@H](OCc1ccccc1)[C@H](OCc1ccccc1)[C@H](O)C(O)S(=O)(=O)c1ccccc1C. The van der Waals surface area contributed by atoms with Gasteiger partial charge in [-0.1, -0.05) is 97.1 Å². The zero-order chi connectivity index (χ0) is 33.5. The standard InChI is InChI=1S/C34H38O10S2/c1-23-13-9-11-19-27(23)45(39,40)33(37)29(35)31(43-21-25-15-5-3-6-16-25)32(44-22-26-17-7-4-8-18-26)30(36)34(38)46(41,42)28-20-12-10-14-24(28)2/h3-20,29-38H,21-22H2,1-2H3/t29-,30-,31+,32+,33?,34?/m0/s1. The Bertz CT molecular complexity index is 1650. The fourth-order valence-corrected chi connectivity index (χ4v) is 8.15. The molecule has 0 radical (unpaired) electrons. The summed E-state index contributed by atoms with van der Waals surface area (Å²) in [5, 5.41) is 45.4. The summed E-state index contributed by atoms with van der Waals surface area (Å²) in [6.45, 7) is 2.55. The van der Waals surface area contributed by atoms with Crippen molar-refractivity contribution in [3.8, 4) is 0 Å². The van der Waals surface area contributed by atoms with Crippen LogP contribution in [0, 0.1) is 13.8 Å². The highest BCUT2D eigenvalue weighted by Crippen LogP contribution is 2.29. The van der Waals surface area contributed by atoms with Gasteiger partial charge in [-0.25, -0.2) is 16.8 Å². The van der Waals surface area contributed by atoms with E-state index in [0.717, 1.165) is 0 Å². The first-order valence-electron chi connectivity index (χ1n) is 14.5. The fraction of sp³-hybridized carbons (Fsp3) is 0.294. The van der Waals surface area contributed by atoms with E-state index in [1.807, 2.05) is 0 Å². The minimum atomic E-state index is -4.61. The Labute approximate surface area is 269 Å². The monoisotopic (exact) mass is 670 g/mol. The van der Waals surface area contributed by atoms with Crippen LogP contribution in [0.3, 0.4) is 0 Å². The molecule has 4 N–H and O–H groups in total. The average molecular weight is 671 g/mol. The van der Waals surface area contributed by atoms with Gasteiger partial charge in [0.2, 0.25) is 19.7 Å². The van der Waals surface area contributed by atoms with E-state index in [1.54, 1.807) is 72.8 Å². The van der Waals surface area contributed by atoms with Crippen molar-refractivity contribution in [2.75, 3.05) is 0 Å². The second-order valence-corrected chi connectivity index (χ2v) is 14.9. The summed E-state index contributed by atoms with van der Waals surface area (Å²) >= 11 is 0. The third kappa shape index (κ3) is 8.08. The van der Waals surface area contributed by atoms with Crippen LogP contribution in [0.25, 0.3) is 0 Å². The Kier molecular flexibility index (Phi) is 11.9. The lowest BCUT2D eigenvalue weighted by molar-refractivity contribution is -0.184. The van der Waals surface area contributed by atoms with Crippen LogP contribution in [-0.4, -0.2) is 72.5 Å². The highest BCUT2D eigenvalue weighted by atomic mass is 32.2. The lowest BCUT2D eigenvalue weighted by Gasteiger charge is -2.36. The zero-order valence-electron chi connectivity index (χ0n) is 25.3. The lowest BCUT2D eigenvalue weighted by atomic mass is 10.0. The second kappa shape index (κ2) is 15.4. The second-order valence-electron chi connectivity index (χ2n) is 10.9. The molecule has 0 spiro atoms. The molecule has 46 heavy (non-hydrogen) atoms. The molecular formula is C34H38O10S2. The predicted molar refractivity (Wildman–Crippen MR) is 171 cm³/mol. The van der Waals surface area contributed by atoms with Crippen LogP contribution in [0.5, 0.6) is 0 Å². The van der Waals surface area contributed by atoms with E-state index in [4.69, 9.17) is 9.47 Å². The van der Waals surface area contributed by atoms with E-state index in [1.165, 1.54) is 50.2 Å². The Morgan fingerprint density at radius 2 is 0.804 bits per heavy atom. The maximum absolute atomic E-state index is 13.5. The third-order valence-corrected chi connectivity index (χ3v) is 11.6. The van der Waals surface area contributed by atoms with Crippen molar-refractivity contribution in [2.45, 2.75) is 72.1 Å². The molecule has 4 rings (SSSR count). The Morgan fingerprint density at radius 3 is 1.13 bits per heavy atom. The number of hydrogen-bond donors (Lipinski definition) is 4. The quantitative estimate of drug-likeness (QED) is 0.148. The van der Waals surface area contributed by atoms with Crippen LogP contribution in [0.2, 0.25) is 0 Å². The highest BCUT2D eigenvalue weighted by Gasteiger charge is 2.48. The van der Waals surface area contributed by atoms with Crippen molar-refractivity contribution in [3.63, 3.8) is 0 Å². The molecule has 246 valence electrons. The molecule has 0 aliphatic heterocycles. The molecule has 2 unspecified atom stereocenters. The van der Waals surface area contributed by atoms with Gasteiger partial charge in [0.1, 0.15) is 24.4 Å². The van der Waals surface area contributed by atoms with Crippen molar-refractivity contribution in [1.82, 2.24) is 0 Å². The first-order valence-corrected chi connectivity index (χ1v) is 17.6. The molecule has 0 aliphatic carbocycles. The normalized spacial score (nSPS) is 16.2. The summed E-state index contributed by atoms with van der Waals surface area (Å²) in [6.07, 6.45) is -8.29. The van der Waals surface area contributed by atoms with Gasteiger partial charge in [-0.3, -0.25) is 0 Å². The van der Waals surface area contributed by atoms with E-state index in [0.29, 0.717) is 22.3 Å². The van der Waals surface area contributed by atoms with Crippen molar-refractivity contribution in [1.29, 1.82) is 0 Å². The van der Waals surface area contributed by atoms with Crippen molar-refractivity contribution < 1.29 is 46.7 Å². The van der Waals surface area contributed by atoms with Crippen molar-refractivity contribution in [3.05, 3.63) is 131 Å². The van der Waals surface area contributed by atoms with Gasteiger partial charge in [0.25, 0.3) is 0 Å². The summed E-state index contributed by atoms with van der Waals surface area (Å²) in [7, 11) is -9.23. The van der Waals surface area contributed by atoms with E-state index in [2.05, 4.69) is 0 Å². The molecule has 12 heteroatoms. The van der Waals surface area contributed by atoms with Crippen molar-refractivity contribution in [2.24, 2.45) is 0 Å². The molecule has 0 aliphatic rings. The van der Waals surface area contributed by atoms with Crippen LogP contribution in [0.4, 0.5) is 0 Å². The van der Waals surface area contributed by atoms with E-state index >= 15 is 0 Å². The maximum atomic E-state index is 13.5. The summed E-state index contributed by atoms with van der Waals surface area (Å²) in [4.78, 5) is -0.486. The number of aliphatic hydroxyl groups excluding tert-OH is 4. The van der Waals surface area contributed by atoms with E-state index in [9.17, 15) is 37.3 Å². The minimum Gasteiger partial charge on any atom is -0.386 e. The Hall–Kier alpha value is -3.46. The Balaban J connectivity index is 1.78. The van der Waals surface area contributed by atoms with Crippen LogP contribution in [-0.2, 0) is 42.4 Å². The molecule has 0 fully saturated rings. The van der Waals surface area contributed by atoms with Gasteiger partial charge in [-0.15, -0.1) is 0 Å². The smallest absolute Gasteiger partial charge is 0.207 e. The summed E-state index contributed by atoms with van der Waals surface area (Å²) in [6, 6.07) is 28.9. The number of ether oxygens (including phenoxy) is 2. The first kappa shape index (κ1) is 35.4. The van der Waals surface area contributed by atoms with Gasteiger partial charge >= 0.3 is 0 Å². The topological polar surface area (TPSA) is 168 Å². The summed E-state index contributed by atoms with van der Waals surface area (Å²) in [5.74, 6) is 0. The number of rotatable bonds is 15. The minimum absolute atomic E-state index is 0.243. The van der Waals surface area contributed by atoms with Crippen LogP contribution >= 0.6 is 0 Å². The average Bonchev–Trinajstić information content (AvgIpc) is 3.06. The maximum Gasteiger partial charge on any atom is 0.207 e. The van der Waals surface area contributed by atoms with Crippen LogP contribution in [0.15, 0.2) is 119 Å². The van der Waals surface area contributed by atoms with Crippen LogP contribution in [0.1, 0.15) is 22.3 Å². The van der Waals surface area contributed by atoms with Gasteiger partial charge in [0.05, 0.1) is 23.0 Å². The molecule has 4 aromatic carbocycles. The lowest BCUT2D eigenvalue weighted by Crippen LogP contribution is -2.56. The molecule has 0 saturated carbocycles. The van der Waals surface area contributed by atoms with Gasteiger partial charge in [-0.05, 0) is 48.2 Å². The number of hydrogen-bond acceptors (Lipinski definition) is 10. The van der Waals surface area contributed by atoms with Gasteiger partial charge in [0.15, 0.2) is 10.9 Å². The predicted octanol–water partition coefficient (Wildman–Crippen LogP) is 3.08. The van der Waals surface area contributed by atoms with Crippen molar-refractivity contribution >= 4 is 19.7 Å². The Morgan fingerprint density at radius 1 is 0.500 bits per heavy atom. The summed E-state index contributed by atoms with van der Waals surface area (Å²) in [5.41, 5.74) is -3.19. The number of aryl methyl sites for hydroxylation is 2. The number of aliphatic hydroxyl groups is 4.